The molecule has 0 aromatic rings. The van der Waals surface area contributed by atoms with Crippen molar-refractivity contribution in [1.82, 2.24) is 5.32 Å². The van der Waals surface area contributed by atoms with E-state index in [9.17, 15) is 9.59 Å². The Balaban J connectivity index is 4.29. The van der Waals surface area contributed by atoms with E-state index in [0.29, 0.717) is 19.6 Å². The number of esters is 1. The maximum atomic E-state index is 11.7. The van der Waals surface area contributed by atoms with Crippen LogP contribution in [0.2, 0.25) is 0 Å². The summed E-state index contributed by atoms with van der Waals surface area (Å²) in [5, 5.41) is 2.57. The van der Waals surface area contributed by atoms with Crippen LogP contribution in [0.15, 0.2) is 0 Å². The van der Waals surface area contributed by atoms with Gasteiger partial charge in [0, 0.05) is 0 Å². The average Bonchev–Trinajstić information content (AvgIpc) is 2.31. The minimum Gasteiger partial charge on any atom is -0.464 e. The zero-order valence-corrected chi connectivity index (χ0v) is 12.7. The highest BCUT2D eigenvalue weighted by atomic mass is 16.6. The first kappa shape index (κ1) is 17.7. The summed E-state index contributed by atoms with van der Waals surface area (Å²) in [6, 6.07) is -0.618. The fourth-order valence-electron chi connectivity index (χ4n) is 1.37. The molecule has 112 valence electrons. The Bertz CT molecular complexity index is 284. The van der Waals surface area contributed by atoms with Crippen molar-refractivity contribution >= 4 is 12.1 Å². The predicted molar refractivity (Wildman–Crippen MR) is 73.9 cm³/mol. The molecule has 5 heteroatoms. The van der Waals surface area contributed by atoms with Gasteiger partial charge in [0.25, 0.3) is 0 Å². The van der Waals surface area contributed by atoms with Gasteiger partial charge in [-0.3, -0.25) is 0 Å². The van der Waals surface area contributed by atoms with Crippen LogP contribution in [0.3, 0.4) is 0 Å². The lowest BCUT2D eigenvalue weighted by atomic mass is 9.99. The first-order valence-electron chi connectivity index (χ1n) is 6.90. The molecular formula is C14H27NO4. The number of carbonyl (C=O) groups is 2. The summed E-state index contributed by atoms with van der Waals surface area (Å²) in [4.78, 5) is 23.3. The molecule has 0 heterocycles. The van der Waals surface area contributed by atoms with E-state index in [1.165, 1.54) is 0 Å². The Hall–Kier alpha value is -1.26. The number of carbonyl (C=O) groups excluding carboxylic acids is 2. The fourth-order valence-corrected chi connectivity index (χ4v) is 1.37. The van der Waals surface area contributed by atoms with Gasteiger partial charge >= 0.3 is 12.1 Å². The quantitative estimate of drug-likeness (QED) is 0.724. The van der Waals surface area contributed by atoms with Crippen molar-refractivity contribution in [1.29, 1.82) is 0 Å². The number of ether oxygens (including phenoxy) is 2. The molecule has 0 saturated heterocycles. The Morgan fingerprint density at radius 1 is 1.16 bits per heavy atom. The number of rotatable bonds is 7. The molecule has 0 saturated carbocycles. The highest BCUT2D eigenvalue weighted by Crippen LogP contribution is 2.13. The van der Waals surface area contributed by atoms with Crippen molar-refractivity contribution < 1.29 is 19.1 Å². The second kappa shape index (κ2) is 8.77. The molecule has 5 nitrogen and oxygen atoms in total. The van der Waals surface area contributed by atoms with Crippen molar-refractivity contribution in [3.63, 3.8) is 0 Å². The molecule has 1 amide bonds. The molecule has 0 aliphatic rings. The maximum Gasteiger partial charge on any atom is 0.407 e. The van der Waals surface area contributed by atoms with Gasteiger partial charge in [-0.15, -0.1) is 0 Å². The number of nitrogens with one attached hydrogen (secondary N) is 1. The Kier molecular flexibility index (Phi) is 8.19. The van der Waals surface area contributed by atoms with Crippen LogP contribution in [0, 0.1) is 5.41 Å². The molecule has 19 heavy (non-hydrogen) atoms. The smallest absolute Gasteiger partial charge is 0.407 e. The zero-order chi connectivity index (χ0) is 14.9. The molecule has 0 fully saturated rings. The van der Waals surface area contributed by atoms with Crippen molar-refractivity contribution in [3.8, 4) is 0 Å². The lowest BCUT2D eigenvalue weighted by Gasteiger charge is -2.20. The standard InChI is InChI=1S/C14H27NO4/c1-6-8-9-11(12(16)18-7-2)15-13(17)19-10-14(3,4)5/h11H,6-10H2,1-5H3,(H,15,17). The van der Waals surface area contributed by atoms with E-state index in [2.05, 4.69) is 5.32 Å². The van der Waals surface area contributed by atoms with Crippen LogP contribution in [0.5, 0.6) is 0 Å². The lowest BCUT2D eigenvalue weighted by molar-refractivity contribution is -0.145. The van der Waals surface area contributed by atoms with Gasteiger partial charge in [0.15, 0.2) is 0 Å². The van der Waals surface area contributed by atoms with Gasteiger partial charge in [0.1, 0.15) is 6.04 Å². The van der Waals surface area contributed by atoms with Crippen LogP contribution in [0.25, 0.3) is 0 Å². The summed E-state index contributed by atoms with van der Waals surface area (Å²) in [6.45, 7) is 10.3. The molecular weight excluding hydrogens is 246 g/mol. The lowest BCUT2D eigenvalue weighted by Crippen LogP contribution is -2.42. The van der Waals surface area contributed by atoms with E-state index >= 15 is 0 Å². The number of hydrogen-bond donors (Lipinski definition) is 1. The topological polar surface area (TPSA) is 64.6 Å². The summed E-state index contributed by atoms with van der Waals surface area (Å²) >= 11 is 0. The Labute approximate surface area is 116 Å². The van der Waals surface area contributed by atoms with Gasteiger partial charge in [0.05, 0.1) is 13.2 Å². The molecule has 1 N–H and O–H groups in total. The van der Waals surface area contributed by atoms with Crippen molar-refractivity contribution in [2.75, 3.05) is 13.2 Å². The summed E-state index contributed by atoms with van der Waals surface area (Å²) < 4.78 is 10.0. The molecule has 0 radical (unpaired) electrons. The molecule has 0 aliphatic heterocycles. The summed E-state index contributed by atoms with van der Waals surface area (Å²) in [6.07, 6.45) is 1.81. The minimum atomic E-state index is -0.618. The maximum absolute atomic E-state index is 11.7. The van der Waals surface area contributed by atoms with E-state index in [0.717, 1.165) is 12.8 Å². The Morgan fingerprint density at radius 3 is 2.26 bits per heavy atom. The van der Waals surface area contributed by atoms with Gasteiger partial charge in [-0.2, -0.15) is 0 Å². The van der Waals surface area contributed by atoms with Crippen molar-refractivity contribution in [2.24, 2.45) is 5.41 Å². The van der Waals surface area contributed by atoms with Gasteiger partial charge in [0.2, 0.25) is 0 Å². The minimum absolute atomic E-state index is 0.0970. The monoisotopic (exact) mass is 273 g/mol. The van der Waals surface area contributed by atoms with E-state index in [-0.39, 0.29) is 5.41 Å². The van der Waals surface area contributed by atoms with Gasteiger partial charge in [-0.1, -0.05) is 40.5 Å². The average molecular weight is 273 g/mol. The van der Waals surface area contributed by atoms with Gasteiger partial charge in [-0.05, 0) is 18.8 Å². The molecule has 0 rings (SSSR count). The second-order valence-electron chi connectivity index (χ2n) is 5.73. The molecule has 1 unspecified atom stereocenters. The third kappa shape index (κ3) is 9.33. The number of amides is 1. The van der Waals surface area contributed by atoms with Gasteiger partial charge in [-0.25, -0.2) is 9.59 Å². The van der Waals surface area contributed by atoms with Crippen LogP contribution in [-0.4, -0.2) is 31.3 Å². The van der Waals surface area contributed by atoms with E-state index < -0.39 is 18.1 Å². The van der Waals surface area contributed by atoms with Gasteiger partial charge < -0.3 is 14.8 Å². The Morgan fingerprint density at radius 2 is 1.79 bits per heavy atom. The first-order valence-corrected chi connectivity index (χ1v) is 6.90. The highest BCUT2D eigenvalue weighted by molar-refractivity contribution is 5.81. The normalized spacial score (nSPS) is 12.7. The van der Waals surface area contributed by atoms with E-state index in [4.69, 9.17) is 9.47 Å². The van der Waals surface area contributed by atoms with Crippen molar-refractivity contribution in [3.05, 3.63) is 0 Å². The largest absolute Gasteiger partial charge is 0.464 e. The second-order valence-corrected chi connectivity index (χ2v) is 5.73. The van der Waals surface area contributed by atoms with Crippen LogP contribution < -0.4 is 5.32 Å². The van der Waals surface area contributed by atoms with E-state index in [1.807, 2.05) is 27.7 Å². The van der Waals surface area contributed by atoms with Crippen LogP contribution >= 0.6 is 0 Å². The fraction of sp³-hybridized carbons (Fsp3) is 0.857. The molecule has 0 aliphatic carbocycles. The highest BCUT2D eigenvalue weighted by Gasteiger charge is 2.23. The number of alkyl carbamates (subject to hydrolysis) is 1. The zero-order valence-electron chi connectivity index (χ0n) is 12.7. The predicted octanol–water partition coefficient (Wildman–Crippen LogP) is 2.88. The third-order valence-electron chi connectivity index (χ3n) is 2.35. The summed E-state index contributed by atoms with van der Waals surface area (Å²) in [5.41, 5.74) is -0.0970. The molecule has 0 bridgehead atoms. The first-order chi connectivity index (χ1) is 8.80. The summed E-state index contributed by atoms with van der Waals surface area (Å²) in [7, 11) is 0. The molecule has 0 aromatic carbocycles. The number of hydrogen-bond acceptors (Lipinski definition) is 4. The SMILES string of the molecule is CCCCC(NC(=O)OCC(C)(C)C)C(=O)OCC. The molecule has 0 spiro atoms. The van der Waals surface area contributed by atoms with E-state index in [1.54, 1.807) is 6.92 Å². The molecule has 0 aromatic heterocycles. The molecule has 1 atom stereocenters. The van der Waals surface area contributed by atoms with Crippen LogP contribution in [0.4, 0.5) is 4.79 Å². The van der Waals surface area contributed by atoms with Crippen molar-refractivity contribution in [2.45, 2.75) is 59.9 Å². The summed E-state index contributed by atoms with van der Waals surface area (Å²) in [5.74, 6) is -0.399. The third-order valence-corrected chi connectivity index (χ3v) is 2.35. The van der Waals surface area contributed by atoms with Crippen LogP contribution in [-0.2, 0) is 14.3 Å². The number of unbranched alkanes of at least 4 members (excludes halogenated alkanes) is 1. The van der Waals surface area contributed by atoms with Crippen LogP contribution in [0.1, 0.15) is 53.9 Å².